The molecule has 0 saturated heterocycles. The minimum absolute atomic E-state index is 0.368. The summed E-state index contributed by atoms with van der Waals surface area (Å²) in [6, 6.07) is 1.71. The van der Waals surface area contributed by atoms with Crippen LogP contribution in [0.5, 0.6) is 0 Å². The summed E-state index contributed by atoms with van der Waals surface area (Å²) >= 11 is 1.25. The van der Waals surface area contributed by atoms with E-state index in [0.29, 0.717) is 11.4 Å². The molecule has 0 bridgehead atoms. The highest BCUT2D eigenvalue weighted by molar-refractivity contribution is 7.12. The second-order valence-electron chi connectivity index (χ2n) is 3.84. The van der Waals surface area contributed by atoms with E-state index in [9.17, 15) is 4.79 Å². The molecule has 3 rings (SSSR count). The van der Waals surface area contributed by atoms with Crippen molar-refractivity contribution in [2.75, 3.05) is 11.4 Å². The summed E-state index contributed by atoms with van der Waals surface area (Å²) in [6.07, 6.45) is 1.73. The van der Waals surface area contributed by atoms with Gasteiger partial charge in [-0.15, -0.1) is 21.5 Å². The number of nitrogens with zero attached hydrogens (tertiary/aromatic N) is 4. The van der Waals surface area contributed by atoms with E-state index in [1.807, 2.05) is 9.95 Å². The molecule has 7 heteroatoms. The molecule has 1 aliphatic rings. The maximum Gasteiger partial charge on any atom is 0.345 e. The second kappa shape index (κ2) is 3.85. The maximum absolute atomic E-state index is 10.8. The van der Waals surface area contributed by atoms with Gasteiger partial charge >= 0.3 is 5.97 Å². The average Bonchev–Trinajstić information content (AvgIpc) is 2.97. The molecule has 0 aromatic carbocycles. The van der Waals surface area contributed by atoms with Gasteiger partial charge < -0.3 is 14.6 Å². The molecule has 88 valence electrons. The van der Waals surface area contributed by atoms with E-state index < -0.39 is 5.97 Å². The van der Waals surface area contributed by atoms with Crippen LogP contribution in [0.2, 0.25) is 0 Å². The standard InChI is InChI=1S/C10H10N4O2S/c15-10(16)8-3-7(5-17-8)13-1-2-14-6-11-12-9(14)4-13/h3,5-6H,1-2,4H2,(H,15,16). The highest BCUT2D eigenvalue weighted by Gasteiger charge is 2.19. The van der Waals surface area contributed by atoms with Gasteiger partial charge in [0.25, 0.3) is 0 Å². The molecule has 0 aliphatic carbocycles. The number of hydrogen-bond donors (Lipinski definition) is 1. The summed E-state index contributed by atoms with van der Waals surface area (Å²) < 4.78 is 2.01. The lowest BCUT2D eigenvalue weighted by Crippen LogP contribution is -2.33. The van der Waals surface area contributed by atoms with Crippen molar-refractivity contribution in [1.82, 2.24) is 14.8 Å². The molecule has 2 aromatic rings. The Labute approximate surface area is 101 Å². The summed E-state index contributed by atoms with van der Waals surface area (Å²) in [5, 5.41) is 18.7. The van der Waals surface area contributed by atoms with E-state index in [0.717, 1.165) is 24.6 Å². The average molecular weight is 250 g/mol. The predicted molar refractivity (Wildman–Crippen MR) is 62.4 cm³/mol. The first-order chi connectivity index (χ1) is 8.24. The molecule has 0 fully saturated rings. The monoisotopic (exact) mass is 250 g/mol. The maximum atomic E-state index is 10.8. The molecule has 6 nitrogen and oxygen atoms in total. The van der Waals surface area contributed by atoms with Gasteiger partial charge in [-0.25, -0.2) is 4.79 Å². The van der Waals surface area contributed by atoms with E-state index in [-0.39, 0.29) is 0 Å². The van der Waals surface area contributed by atoms with Gasteiger partial charge in [0.05, 0.1) is 6.54 Å². The number of carboxylic acid groups (broad SMARTS) is 1. The summed E-state index contributed by atoms with van der Waals surface area (Å²) in [4.78, 5) is 13.3. The number of rotatable bonds is 2. The predicted octanol–water partition coefficient (Wildman–Crippen LogP) is 1.06. The fraction of sp³-hybridized carbons (Fsp3) is 0.300. The number of aromatic nitrogens is 3. The van der Waals surface area contributed by atoms with Crippen molar-refractivity contribution in [3.63, 3.8) is 0 Å². The molecular weight excluding hydrogens is 240 g/mol. The smallest absolute Gasteiger partial charge is 0.345 e. The minimum Gasteiger partial charge on any atom is -0.477 e. The van der Waals surface area contributed by atoms with E-state index in [2.05, 4.69) is 15.1 Å². The van der Waals surface area contributed by atoms with Crippen molar-refractivity contribution in [2.24, 2.45) is 0 Å². The highest BCUT2D eigenvalue weighted by atomic mass is 32.1. The largest absolute Gasteiger partial charge is 0.477 e. The number of thiophene rings is 1. The first kappa shape index (κ1) is 10.3. The summed E-state index contributed by atoms with van der Waals surface area (Å²) in [7, 11) is 0. The minimum atomic E-state index is -0.874. The van der Waals surface area contributed by atoms with Crippen LogP contribution in [0.1, 0.15) is 15.5 Å². The van der Waals surface area contributed by atoms with Crippen LogP contribution >= 0.6 is 11.3 Å². The lowest BCUT2D eigenvalue weighted by molar-refractivity contribution is 0.0702. The molecule has 2 aromatic heterocycles. The first-order valence-corrected chi connectivity index (χ1v) is 6.05. The van der Waals surface area contributed by atoms with Crippen molar-refractivity contribution in [2.45, 2.75) is 13.1 Å². The number of hydrogen-bond acceptors (Lipinski definition) is 5. The van der Waals surface area contributed by atoms with Crippen molar-refractivity contribution in [1.29, 1.82) is 0 Å². The second-order valence-corrected chi connectivity index (χ2v) is 4.75. The molecule has 1 N–H and O–H groups in total. The molecular formula is C10H10N4O2S. The fourth-order valence-corrected chi connectivity index (χ4v) is 2.65. The molecule has 3 heterocycles. The van der Waals surface area contributed by atoms with Crippen molar-refractivity contribution < 1.29 is 9.90 Å². The van der Waals surface area contributed by atoms with Gasteiger partial charge in [-0.3, -0.25) is 0 Å². The van der Waals surface area contributed by atoms with E-state index in [4.69, 9.17) is 5.11 Å². The van der Waals surface area contributed by atoms with Crippen molar-refractivity contribution >= 4 is 23.0 Å². The molecule has 1 aliphatic heterocycles. The first-order valence-electron chi connectivity index (χ1n) is 5.17. The Morgan fingerprint density at radius 2 is 2.35 bits per heavy atom. The van der Waals surface area contributed by atoms with Gasteiger partial charge in [-0.05, 0) is 6.07 Å². The number of carbonyl (C=O) groups is 1. The Balaban J connectivity index is 1.84. The Kier molecular flexibility index (Phi) is 2.32. The quantitative estimate of drug-likeness (QED) is 0.862. The van der Waals surface area contributed by atoms with Gasteiger partial charge in [0.2, 0.25) is 0 Å². The van der Waals surface area contributed by atoms with E-state index in [1.165, 1.54) is 11.3 Å². The van der Waals surface area contributed by atoms with Gasteiger partial charge in [-0.2, -0.15) is 0 Å². The van der Waals surface area contributed by atoms with Crippen LogP contribution < -0.4 is 4.90 Å². The Morgan fingerprint density at radius 3 is 3.12 bits per heavy atom. The lowest BCUT2D eigenvalue weighted by Gasteiger charge is -2.27. The van der Waals surface area contributed by atoms with Crippen LogP contribution in [0.4, 0.5) is 5.69 Å². The van der Waals surface area contributed by atoms with Crippen LogP contribution in [0.3, 0.4) is 0 Å². The van der Waals surface area contributed by atoms with Crippen LogP contribution in [-0.4, -0.2) is 32.4 Å². The summed E-state index contributed by atoms with van der Waals surface area (Å²) in [5.74, 6) is 0.0424. The van der Waals surface area contributed by atoms with Crippen LogP contribution in [0.15, 0.2) is 17.8 Å². The van der Waals surface area contributed by atoms with Crippen LogP contribution in [0.25, 0.3) is 0 Å². The Hall–Kier alpha value is -1.89. The molecule has 0 atom stereocenters. The van der Waals surface area contributed by atoms with Crippen molar-refractivity contribution in [3.8, 4) is 0 Å². The van der Waals surface area contributed by atoms with Gasteiger partial charge in [0.1, 0.15) is 11.2 Å². The molecule has 0 radical (unpaired) electrons. The Morgan fingerprint density at radius 1 is 1.47 bits per heavy atom. The molecule has 0 saturated carbocycles. The van der Waals surface area contributed by atoms with Gasteiger partial charge in [0.15, 0.2) is 5.82 Å². The number of carboxylic acids is 1. The number of anilines is 1. The van der Waals surface area contributed by atoms with E-state index in [1.54, 1.807) is 12.4 Å². The van der Waals surface area contributed by atoms with Crippen molar-refractivity contribution in [3.05, 3.63) is 28.5 Å². The number of fused-ring (bicyclic) bond motifs is 1. The zero-order chi connectivity index (χ0) is 11.8. The normalized spacial score (nSPS) is 14.7. The number of aromatic carboxylic acids is 1. The zero-order valence-corrected chi connectivity index (χ0v) is 9.72. The lowest BCUT2D eigenvalue weighted by atomic mass is 10.3. The third-order valence-electron chi connectivity index (χ3n) is 2.80. The third kappa shape index (κ3) is 1.78. The van der Waals surface area contributed by atoms with Gasteiger partial charge in [0, 0.05) is 24.2 Å². The van der Waals surface area contributed by atoms with Crippen LogP contribution in [0, 0.1) is 0 Å². The topological polar surface area (TPSA) is 71.2 Å². The highest BCUT2D eigenvalue weighted by Crippen LogP contribution is 2.26. The summed E-state index contributed by atoms with van der Waals surface area (Å²) in [6.45, 7) is 2.36. The summed E-state index contributed by atoms with van der Waals surface area (Å²) in [5.41, 5.74) is 0.946. The molecule has 0 amide bonds. The SMILES string of the molecule is O=C(O)c1cc(N2CCn3cnnc3C2)cs1. The van der Waals surface area contributed by atoms with Gasteiger partial charge in [-0.1, -0.05) is 0 Å². The molecule has 0 spiro atoms. The third-order valence-corrected chi connectivity index (χ3v) is 3.71. The molecule has 17 heavy (non-hydrogen) atoms. The zero-order valence-electron chi connectivity index (χ0n) is 8.91. The Bertz CT molecular complexity index is 562. The van der Waals surface area contributed by atoms with Crippen LogP contribution in [-0.2, 0) is 13.1 Å². The van der Waals surface area contributed by atoms with E-state index >= 15 is 0 Å². The molecule has 0 unspecified atom stereocenters. The fourth-order valence-electron chi connectivity index (χ4n) is 1.89.